The summed E-state index contributed by atoms with van der Waals surface area (Å²) in [6.45, 7) is 2.04. The Balaban J connectivity index is 2.05. The molecule has 88 valence electrons. The standard InChI is InChI=1S/C13H19NOS/c1-16-13-5-3-2-4-11(13)10-14(8-9-15)12-6-7-12/h2-5,12,15H,6-10H2,1H3. The van der Waals surface area contributed by atoms with Gasteiger partial charge in [0.1, 0.15) is 0 Å². The minimum atomic E-state index is 0.262. The summed E-state index contributed by atoms with van der Waals surface area (Å²) in [5.74, 6) is 0. The van der Waals surface area contributed by atoms with Crippen molar-refractivity contribution < 1.29 is 5.11 Å². The SMILES string of the molecule is CSc1ccccc1CN(CCO)C1CC1. The number of aliphatic hydroxyl groups excluding tert-OH is 1. The summed E-state index contributed by atoms with van der Waals surface area (Å²) in [7, 11) is 0. The average Bonchev–Trinajstić information content (AvgIpc) is 3.13. The summed E-state index contributed by atoms with van der Waals surface area (Å²) in [5, 5.41) is 9.07. The molecule has 0 aromatic heterocycles. The molecular weight excluding hydrogens is 218 g/mol. The molecule has 1 N–H and O–H groups in total. The predicted molar refractivity (Wildman–Crippen MR) is 68.7 cm³/mol. The molecule has 1 saturated carbocycles. The smallest absolute Gasteiger partial charge is 0.0558 e. The third kappa shape index (κ3) is 3.00. The van der Waals surface area contributed by atoms with Crippen molar-refractivity contribution in [2.45, 2.75) is 30.3 Å². The number of benzene rings is 1. The van der Waals surface area contributed by atoms with Gasteiger partial charge in [-0.3, -0.25) is 4.90 Å². The quantitative estimate of drug-likeness (QED) is 0.768. The van der Waals surface area contributed by atoms with Crippen LogP contribution in [0.5, 0.6) is 0 Å². The molecule has 1 aromatic carbocycles. The maximum absolute atomic E-state index is 9.07. The number of rotatable bonds is 6. The number of hydrogen-bond acceptors (Lipinski definition) is 3. The van der Waals surface area contributed by atoms with Crippen LogP contribution in [0, 0.1) is 0 Å². The first-order valence-electron chi connectivity index (χ1n) is 5.82. The van der Waals surface area contributed by atoms with Crippen LogP contribution >= 0.6 is 11.8 Å². The van der Waals surface area contributed by atoms with Crippen molar-refractivity contribution in [3.8, 4) is 0 Å². The first-order valence-corrected chi connectivity index (χ1v) is 7.04. The summed E-state index contributed by atoms with van der Waals surface area (Å²) in [6.07, 6.45) is 4.70. The fraction of sp³-hybridized carbons (Fsp3) is 0.538. The molecule has 3 heteroatoms. The van der Waals surface area contributed by atoms with Gasteiger partial charge in [0, 0.05) is 24.0 Å². The van der Waals surface area contributed by atoms with Crippen LogP contribution in [0.25, 0.3) is 0 Å². The van der Waals surface area contributed by atoms with Crippen LogP contribution in [0.4, 0.5) is 0 Å². The van der Waals surface area contributed by atoms with E-state index in [0.29, 0.717) is 6.04 Å². The lowest BCUT2D eigenvalue weighted by Gasteiger charge is -2.22. The minimum absolute atomic E-state index is 0.262. The lowest BCUT2D eigenvalue weighted by Crippen LogP contribution is -2.28. The van der Waals surface area contributed by atoms with Crippen LogP contribution in [0.15, 0.2) is 29.2 Å². The van der Waals surface area contributed by atoms with E-state index in [0.717, 1.165) is 13.1 Å². The van der Waals surface area contributed by atoms with Crippen LogP contribution in [-0.4, -0.2) is 35.5 Å². The van der Waals surface area contributed by atoms with Gasteiger partial charge in [0.25, 0.3) is 0 Å². The molecule has 1 aromatic rings. The van der Waals surface area contributed by atoms with E-state index in [1.165, 1.54) is 23.3 Å². The molecule has 2 nitrogen and oxygen atoms in total. The molecule has 1 fully saturated rings. The van der Waals surface area contributed by atoms with E-state index in [4.69, 9.17) is 5.11 Å². The van der Waals surface area contributed by atoms with Crippen LogP contribution in [0.3, 0.4) is 0 Å². The second kappa shape index (κ2) is 5.71. The molecule has 0 spiro atoms. The van der Waals surface area contributed by atoms with Crippen LogP contribution in [0.2, 0.25) is 0 Å². The Morgan fingerprint density at radius 2 is 2.12 bits per heavy atom. The van der Waals surface area contributed by atoms with E-state index in [1.54, 1.807) is 11.8 Å². The Morgan fingerprint density at radius 3 is 2.75 bits per heavy atom. The third-order valence-corrected chi connectivity index (χ3v) is 3.85. The Hall–Kier alpha value is -0.510. The molecule has 16 heavy (non-hydrogen) atoms. The fourth-order valence-electron chi connectivity index (χ4n) is 2.01. The van der Waals surface area contributed by atoms with Gasteiger partial charge in [-0.05, 0) is 30.7 Å². The van der Waals surface area contributed by atoms with Crippen LogP contribution in [0.1, 0.15) is 18.4 Å². The van der Waals surface area contributed by atoms with Gasteiger partial charge in [-0.15, -0.1) is 11.8 Å². The van der Waals surface area contributed by atoms with Gasteiger partial charge in [0.15, 0.2) is 0 Å². The van der Waals surface area contributed by atoms with Crippen molar-refractivity contribution in [3.63, 3.8) is 0 Å². The van der Waals surface area contributed by atoms with E-state index < -0.39 is 0 Å². The number of nitrogens with zero attached hydrogens (tertiary/aromatic N) is 1. The highest BCUT2D eigenvalue weighted by Gasteiger charge is 2.28. The zero-order valence-corrected chi connectivity index (χ0v) is 10.5. The maximum atomic E-state index is 9.07. The van der Waals surface area contributed by atoms with Crippen molar-refractivity contribution in [2.75, 3.05) is 19.4 Å². The van der Waals surface area contributed by atoms with Gasteiger partial charge in [-0.2, -0.15) is 0 Å². The summed E-state index contributed by atoms with van der Waals surface area (Å²) >= 11 is 1.80. The Kier molecular flexibility index (Phi) is 4.27. The molecule has 1 aliphatic carbocycles. The van der Waals surface area contributed by atoms with E-state index in [9.17, 15) is 0 Å². The van der Waals surface area contributed by atoms with Gasteiger partial charge in [-0.1, -0.05) is 18.2 Å². The fourth-order valence-corrected chi connectivity index (χ4v) is 2.62. The molecule has 0 heterocycles. The van der Waals surface area contributed by atoms with Gasteiger partial charge >= 0.3 is 0 Å². The molecule has 0 aliphatic heterocycles. The lowest BCUT2D eigenvalue weighted by molar-refractivity contribution is 0.182. The third-order valence-electron chi connectivity index (χ3n) is 3.02. The molecular formula is C13H19NOS. The number of hydrogen-bond donors (Lipinski definition) is 1. The van der Waals surface area contributed by atoms with E-state index in [-0.39, 0.29) is 6.61 Å². The van der Waals surface area contributed by atoms with Crippen molar-refractivity contribution in [3.05, 3.63) is 29.8 Å². The van der Waals surface area contributed by atoms with Gasteiger partial charge in [0.05, 0.1) is 6.61 Å². The number of aliphatic hydroxyl groups is 1. The Morgan fingerprint density at radius 1 is 1.38 bits per heavy atom. The first-order chi connectivity index (χ1) is 7.85. The van der Waals surface area contributed by atoms with Gasteiger partial charge in [-0.25, -0.2) is 0 Å². The molecule has 0 saturated heterocycles. The highest BCUT2D eigenvalue weighted by atomic mass is 32.2. The topological polar surface area (TPSA) is 23.5 Å². The summed E-state index contributed by atoms with van der Waals surface area (Å²) in [4.78, 5) is 3.75. The van der Waals surface area contributed by atoms with Gasteiger partial charge < -0.3 is 5.11 Å². The molecule has 2 rings (SSSR count). The van der Waals surface area contributed by atoms with Crippen LogP contribution in [-0.2, 0) is 6.54 Å². The van der Waals surface area contributed by atoms with E-state index in [1.807, 2.05) is 0 Å². The summed E-state index contributed by atoms with van der Waals surface area (Å²) in [5.41, 5.74) is 1.38. The Bertz CT molecular complexity index is 338. The minimum Gasteiger partial charge on any atom is -0.395 e. The molecule has 0 radical (unpaired) electrons. The zero-order chi connectivity index (χ0) is 11.4. The van der Waals surface area contributed by atoms with E-state index in [2.05, 4.69) is 35.4 Å². The summed E-state index contributed by atoms with van der Waals surface area (Å²) in [6, 6.07) is 9.26. The van der Waals surface area contributed by atoms with Crippen molar-refractivity contribution in [2.24, 2.45) is 0 Å². The molecule has 0 atom stereocenters. The van der Waals surface area contributed by atoms with Crippen molar-refractivity contribution in [1.82, 2.24) is 4.90 Å². The second-order valence-corrected chi connectivity index (χ2v) is 5.09. The Labute approximate surface area is 102 Å². The highest BCUT2D eigenvalue weighted by Crippen LogP contribution is 2.29. The van der Waals surface area contributed by atoms with Crippen LogP contribution < -0.4 is 0 Å². The summed E-state index contributed by atoms with van der Waals surface area (Å²) < 4.78 is 0. The average molecular weight is 237 g/mol. The molecule has 0 bridgehead atoms. The normalized spacial score (nSPS) is 15.7. The number of thioether (sulfide) groups is 1. The maximum Gasteiger partial charge on any atom is 0.0558 e. The lowest BCUT2D eigenvalue weighted by atomic mass is 10.2. The van der Waals surface area contributed by atoms with Crippen molar-refractivity contribution in [1.29, 1.82) is 0 Å². The monoisotopic (exact) mass is 237 g/mol. The van der Waals surface area contributed by atoms with Gasteiger partial charge in [0.2, 0.25) is 0 Å². The van der Waals surface area contributed by atoms with E-state index >= 15 is 0 Å². The zero-order valence-electron chi connectivity index (χ0n) is 9.72. The molecule has 0 amide bonds. The second-order valence-electron chi connectivity index (χ2n) is 4.24. The largest absolute Gasteiger partial charge is 0.395 e. The molecule has 1 aliphatic rings. The first kappa shape index (κ1) is 12.0. The predicted octanol–water partition coefficient (Wildman–Crippen LogP) is 2.37. The molecule has 0 unspecified atom stereocenters. The van der Waals surface area contributed by atoms with Crippen molar-refractivity contribution >= 4 is 11.8 Å². The highest BCUT2D eigenvalue weighted by molar-refractivity contribution is 7.98.